The maximum atomic E-state index is 11.0. The van der Waals surface area contributed by atoms with Crippen LogP contribution in [0.2, 0.25) is 0 Å². The van der Waals surface area contributed by atoms with Crippen molar-refractivity contribution >= 4 is 29.0 Å². The van der Waals surface area contributed by atoms with Gasteiger partial charge in [0, 0.05) is 4.88 Å². The van der Waals surface area contributed by atoms with Crippen molar-refractivity contribution in [1.82, 2.24) is 0 Å². The molecule has 0 aliphatic heterocycles. The Morgan fingerprint density at radius 1 is 1.12 bits per heavy atom. The topological polar surface area (TPSA) is 37.3 Å². The van der Waals surface area contributed by atoms with Gasteiger partial charge in [0.25, 0.3) is 0 Å². The number of allylic oxidation sites excluding steroid dienone is 1. The first-order valence-corrected chi connectivity index (χ1v) is 9.29. The molecule has 1 saturated carbocycles. The Labute approximate surface area is 146 Å². The Balaban J connectivity index is 1.70. The number of carboxylic acid groups (broad SMARTS) is 1. The van der Waals surface area contributed by atoms with Crippen LogP contribution in [0.4, 0.5) is 0 Å². The molecule has 0 saturated heterocycles. The normalized spacial score (nSPS) is 28.2. The van der Waals surface area contributed by atoms with Crippen LogP contribution in [0.25, 0.3) is 11.6 Å². The van der Waals surface area contributed by atoms with Gasteiger partial charge in [-0.2, -0.15) is 0 Å². The van der Waals surface area contributed by atoms with Crippen LogP contribution in [0.15, 0.2) is 30.3 Å². The fraction of sp³-hybridized carbons (Fsp3) is 0.381. The highest BCUT2D eigenvalue weighted by Gasteiger charge is 2.52. The molecule has 124 valence electrons. The maximum Gasteiger partial charge on any atom is 0.345 e. The summed E-state index contributed by atoms with van der Waals surface area (Å²) in [5.41, 5.74) is 6.20. The summed E-state index contributed by atoms with van der Waals surface area (Å²) < 4.78 is 0. The molecule has 4 rings (SSSR count). The molecule has 1 heterocycles. The van der Waals surface area contributed by atoms with Gasteiger partial charge in [-0.1, -0.05) is 32.0 Å². The predicted octanol–water partition coefficient (Wildman–Crippen LogP) is 5.72. The lowest BCUT2D eigenvalue weighted by Crippen LogP contribution is -2.18. The van der Waals surface area contributed by atoms with E-state index >= 15 is 0 Å². The molecular weight excluding hydrogens is 316 g/mol. The SMILES string of the molecule is C/C(=C/c1ccc(C(=O)O)s1)c1ccc2c(c1)C1(C)CCC2(C)C1. The average molecular weight is 338 g/mol. The molecule has 2 aliphatic carbocycles. The molecule has 2 aliphatic rings. The van der Waals surface area contributed by atoms with Crippen LogP contribution in [-0.2, 0) is 10.8 Å². The molecule has 2 nitrogen and oxygen atoms in total. The summed E-state index contributed by atoms with van der Waals surface area (Å²) in [6.45, 7) is 6.93. The number of thiophene rings is 1. The third-order valence-corrected chi connectivity index (χ3v) is 7.00. The van der Waals surface area contributed by atoms with Crippen LogP contribution in [0, 0.1) is 0 Å². The second-order valence-corrected chi connectivity index (χ2v) is 9.01. The van der Waals surface area contributed by atoms with E-state index in [0.717, 1.165) is 4.88 Å². The summed E-state index contributed by atoms with van der Waals surface area (Å²) in [7, 11) is 0. The summed E-state index contributed by atoms with van der Waals surface area (Å²) in [5, 5.41) is 9.06. The Bertz CT molecular complexity index is 876. The summed E-state index contributed by atoms with van der Waals surface area (Å²) >= 11 is 1.32. The summed E-state index contributed by atoms with van der Waals surface area (Å²) in [4.78, 5) is 12.4. The molecule has 0 spiro atoms. The van der Waals surface area contributed by atoms with Gasteiger partial charge in [-0.15, -0.1) is 11.3 Å². The molecule has 3 heteroatoms. The van der Waals surface area contributed by atoms with Crippen LogP contribution in [0.5, 0.6) is 0 Å². The van der Waals surface area contributed by atoms with Crippen molar-refractivity contribution in [3.8, 4) is 0 Å². The van der Waals surface area contributed by atoms with Gasteiger partial charge in [0.15, 0.2) is 0 Å². The predicted molar refractivity (Wildman–Crippen MR) is 99.8 cm³/mol. The maximum absolute atomic E-state index is 11.0. The molecule has 2 bridgehead atoms. The largest absolute Gasteiger partial charge is 0.477 e. The summed E-state index contributed by atoms with van der Waals surface area (Å²) in [6.07, 6.45) is 5.96. The number of benzene rings is 1. The van der Waals surface area contributed by atoms with Crippen LogP contribution in [0.1, 0.15) is 71.3 Å². The van der Waals surface area contributed by atoms with E-state index in [9.17, 15) is 4.79 Å². The number of fused-ring (bicyclic) bond motifs is 5. The minimum atomic E-state index is -0.855. The van der Waals surface area contributed by atoms with Crippen molar-refractivity contribution in [2.75, 3.05) is 0 Å². The van der Waals surface area contributed by atoms with E-state index in [2.05, 4.69) is 45.0 Å². The van der Waals surface area contributed by atoms with E-state index in [1.807, 2.05) is 6.07 Å². The van der Waals surface area contributed by atoms with E-state index in [4.69, 9.17) is 5.11 Å². The number of hydrogen-bond donors (Lipinski definition) is 1. The minimum Gasteiger partial charge on any atom is -0.477 e. The van der Waals surface area contributed by atoms with Crippen LogP contribution in [0.3, 0.4) is 0 Å². The summed E-state index contributed by atoms with van der Waals surface area (Å²) in [5.74, 6) is -0.855. The van der Waals surface area contributed by atoms with E-state index in [1.165, 1.54) is 52.9 Å². The highest BCUT2D eigenvalue weighted by Crippen LogP contribution is 2.60. The van der Waals surface area contributed by atoms with Gasteiger partial charge in [-0.3, -0.25) is 0 Å². The first kappa shape index (κ1) is 15.6. The zero-order valence-corrected chi connectivity index (χ0v) is 15.2. The lowest BCUT2D eigenvalue weighted by molar-refractivity contribution is 0.0702. The van der Waals surface area contributed by atoms with Crippen molar-refractivity contribution in [3.63, 3.8) is 0 Å². The van der Waals surface area contributed by atoms with Crippen molar-refractivity contribution in [2.45, 2.75) is 50.9 Å². The molecular formula is C21H22O2S. The number of hydrogen-bond acceptors (Lipinski definition) is 2. The van der Waals surface area contributed by atoms with Gasteiger partial charge in [0.1, 0.15) is 4.88 Å². The van der Waals surface area contributed by atoms with Gasteiger partial charge in [0.05, 0.1) is 0 Å². The first-order chi connectivity index (χ1) is 11.3. The monoisotopic (exact) mass is 338 g/mol. The quantitative estimate of drug-likeness (QED) is 0.777. The lowest BCUT2D eigenvalue weighted by Gasteiger charge is -2.27. The van der Waals surface area contributed by atoms with E-state index < -0.39 is 5.97 Å². The molecule has 1 aromatic heterocycles. The second-order valence-electron chi connectivity index (χ2n) is 7.89. The van der Waals surface area contributed by atoms with Gasteiger partial charge < -0.3 is 5.11 Å². The molecule has 2 unspecified atom stereocenters. The number of aromatic carboxylic acids is 1. The molecule has 0 radical (unpaired) electrons. The summed E-state index contributed by atoms with van der Waals surface area (Å²) in [6, 6.07) is 10.5. The van der Waals surface area contributed by atoms with Crippen LogP contribution < -0.4 is 0 Å². The number of rotatable bonds is 3. The van der Waals surface area contributed by atoms with E-state index in [1.54, 1.807) is 6.07 Å². The zero-order chi connectivity index (χ0) is 17.1. The highest BCUT2D eigenvalue weighted by molar-refractivity contribution is 7.14. The van der Waals surface area contributed by atoms with Crippen molar-refractivity contribution in [2.24, 2.45) is 0 Å². The highest BCUT2D eigenvalue weighted by atomic mass is 32.1. The van der Waals surface area contributed by atoms with Gasteiger partial charge in [-0.25, -0.2) is 4.79 Å². The Hall–Kier alpha value is -1.87. The minimum absolute atomic E-state index is 0.333. The van der Waals surface area contributed by atoms with Crippen molar-refractivity contribution < 1.29 is 9.90 Å². The van der Waals surface area contributed by atoms with Crippen LogP contribution in [-0.4, -0.2) is 11.1 Å². The van der Waals surface area contributed by atoms with Crippen molar-refractivity contribution in [1.29, 1.82) is 0 Å². The third kappa shape index (κ3) is 2.26. The molecule has 2 atom stereocenters. The zero-order valence-electron chi connectivity index (χ0n) is 14.3. The Kier molecular flexibility index (Phi) is 3.30. The van der Waals surface area contributed by atoms with Gasteiger partial charge >= 0.3 is 5.97 Å². The van der Waals surface area contributed by atoms with E-state index in [-0.39, 0.29) is 0 Å². The van der Waals surface area contributed by atoms with Crippen molar-refractivity contribution in [3.05, 3.63) is 56.8 Å². The molecule has 2 aromatic rings. The molecule has 0 amide bonds. The number of carbonyl (C=O) groups is 1. The smallest absolute Gasteiger partial charge is 0.345 e. The van der Waals surface area contributed by atoms with E-state index in [0.29, 0.717) is 15.7 Å². The molecule has 1 N–H and O–H groups in total. The standard InChI is InChI=1S/C21H22O2S/c1-13(10-15-5-7-18(24-15)19(22)23)14-4-6-16-17(11-14)21(3)9-8-20(16,2)12-21/h4-7,10-11H,8-9,12H2,1-3H3,(H,22,23)/b13-10-. The third-order valence-electron chi connectivity index (χ3n) is 5.98. The fourth-order valence-electron chi connectivity index (χ4n) is 4.71. The van der Waals surface area contributed by atoms with Crippen LogP contribution >= 0.6 is 11.3 Å². The average Bonchev–Trinajstić information content (AvgIpc) is 3.18. The Morgan fingerprint density at radius 2 is 1.83 bits per heavy atom. The second kappa shape index (κ2) is 5.06. The Morgan fingerprint density at radius 3 is 2.50 bits per heavy atom. The van der Waals surface area contributed by atoms with Gasteiger partial charge in [-0.05, 0) is 77.5 Å². The first-order valence-electron chi connectivity index (χ1n) is 8.48. The molecule has 24 heavy (non-hydrogen) atoms. The molecule has 1 fully saturated rings. The number of carboxylic acids is 1. The van der Waals surface area contributed by atoms with Gasteiger partial charge in [0.2, 0.25) is 0 Å². The lowest BCUT2D eigenvalue weighted by atomic mass is 9.77. The fourth-order valence-corrected chi connectivity index (χ4v) is 5.56. The molecule has 1 aromatic carbocycles.